The molecule has 2 saturated heterocycles. The number of carboxylic acid groups (broad SMARTS) is 1. The second kappa shape index (κ2) is 15.6. The van der Waals surface area contributed by atoms with E-state index in [0.29, 0.717) is 25.0 Å². The van der Waals surface area contributed by atoms with Gasteiger partial charge in [0.1, 0.15) is 0 Å². The number of hydrogen-bond donors (Lipinski definition) is 1. The van der Waals surface area contributed by atoms with Crippen molar-refractivity contribution in [1.29, 1.82) is 0 Å². The van der Waals surface area contributed by atoms with E-state index in [2.05, 4.69) is 56.2 Å². The Hall–Kier alpha value is -5.23. The number of amides is 1. The van der Waals surface area contributed by atoms with Crippen molar-refractivity contribution in [3.05, 3.63) is 83.6 Å². The average molecular weight is 703 g/mol. The molecule has 3 aliphatic heterocycles. The number of carbonyl (C=O) groups excluding carboxylic acids is 1. The SMILES string of the molecule is CC.CC(=O)N1CCc2c(c(-c3cccc4cc(-c5ccc(CC6CCN(c7ccc(C(=O)O)nn7)CC6)nc5)ncc34)nn2C2CCOCC2)C1. The molecule has 12 nitrogen and oxygen atoms in total. The van der Waals surface area contributed by atoms with Crippen LogP contribution >= 0.6 is 0 Å². The first-order chi connectivity index (χ1) is 25.4. The molecule has 3 aliphatic rings. The summed E-state index contributed by atoms with van der Waals surface area (Å²) in [5.41, 5.74) is 7.22. The summed E-state index contributed by atoms with van der Waals surface area (Å²) >= 11 is 0. The van der Waals surface area contributed by atoms with Crippen LogP contribution in [-0.2, 0) is 28.9 Å². The summed E-state index contributed by atoms with van der Waals surface area (Å²) in [4.78, 5) is 37.3. The number of pyridine rings is 2. The summed E-state index contributed by atoms with van der Waals surface area (Å²) in [6, 6.07) is 16.2. The molecule has 52 heavy (non-hydrogen) atoms. The van der Waals surface area contributed by atoms with E-state index in [4.69, 9.17) is 24.9 Å². The lowest BCUT2D eigenvalue weighted by atomic mass is 9.92. The predicted octanol–water partition coefficient (Wildman–Crippen LogP) is 6.39. The van der Waals surface area contributed by atoms with Crippen molar-refractivity contribution in [3.8, 4) is 22.5 Å². The van der Waals surface area contributed by atoms with Crippen LogP contribution < -0.4 is 4.90 Å². The van der Waals surface area contributed by atoms with E-state index >= 15 is 0 Å². The van der Waals surface area contributed by atoms with Crippen molar-refractivity contribution >= 4 is 28.5 Å². The third-order valence-electron chi connectivity index (χ3n) is 10.5. The van der Waals surface area contributed by atoms with E-state index in [1.54, 1.807) is 13.0 Å². The van der Waals surface area contributed by atoms with Crippen molar-refractivity contribution in [1.82, 2.24) is 34.8 Å². The van der Waals surface area contributed by atoms with Gasteiger partial charge in [-0.05, 0) is 73.7 Å². The van der Waals surface area contributed by atoms with Gasteiger partial charge in [-0.25, -0.2) is 4.79 Å². The van der Waals surface area contributed by atoms with Crippen LogP contribution in [0.1, 0.15) is 79.9 Å². The minimum absolute atomic E-state index is 0.0441. The fourth-order valence-corrected chi connectivity index (χ4v) is 7.67. The Morgan fingerprint density at radius 3 is 2.42 bits per heavy atom. The predicted molar refractivity (Wildman–Crippen MR) is 199 cm³/mol. The van der Waals surface area contributed by atoms with Gasteiger partial charge in [0, 0.05) is 98.6 Å². The number of piperidine rings is 1. The van der Waals surface area contributed by atoms with Crippen LogP contribution in [0.25, 0.3) is 33.3 Å². The maximum Gasteiger partial charge on any atom is 0.356 e. The lowest BCUT2D eigenvalue weighted by Gasteiger charge is -2.32. The van der Waals surface area contributed by atoms with E-state index in [1.165, 1.54) is 11.8 Å². The van der Waals surface area contributed by atoms with Gasteiger partial charge in [-0.2, -0.15) is 5.10 Å². The number of fused-ring (bicyclic) bond motifs is 2. The number of aromatic nitrogens is 6. The van der Waals surface area contributed by atoms with E-state index < -0.39 is 5.97 Å². The summed E-state index contributed by atoms with van der Waals surface area (Å²) in [5, 5.41) is 24.4. The molecular weight excluding hydrogens is 656 g/mol. The highest BCUT2D eigenvalue weighted by Crippen LogP contribution is 2.37. The number of hydrogen-bond acceptors (Lipinski definition) is 9. The highest BCUT2D eigenvalue weighted by atomic mass is 16.5. The largest absolute Gasteiger partial charge is 0.476 e. The smallest absolute Gasteiger partial charge is 0.356 e. The Balaban J connectivity index is 0.00000207. The number of benzene rings is 1. The molecule has 1 amide bonds. The van der Waals surface area contributed by atoms with E-state index in [9.17, 15) is 9.59 Å². The Kier molecular flexibility index (Phi) is 10.5. The van der Waals surface area contributed by atoms with Crippen LogP contribution in [0.15, 0.2) is 60.9 Å². The van der Waals surface area contributed by atoms with Crippen LogP contribution in [0.4, 0.5) is 5.82 Å². The molecular formula is C40H46N8O4. The zero-order valence-electron chi connectivity index (χ0n) is 30.2. The van der Waals surface area contributed by atoms with Crippen molar-refractivity contribution in [2.45, 2.75) is 71.9 Å². The molecule has 0 saturated carbocycles. The highest BCUT2D eigenvalue weighted by molar-refractivity contribution is 5.97. The van der Waals surface area contributed by atoms with Crippen molar-refractivity contribution in [2.75, 3.05) is 37.7 Å². The average Bonchev–Trinajstić information content (AvgIpc) is 3.58. The molecule has 1 aromatic carbocycles. The second-order valence-electron chi connectivity index (χ2n) is 13.6. The lowest BCUT2D eigenvalue weighted by Crippen LogP contribution is -2.35. The quantitative estimate of drug-likeness (QED) is 0.203. The molecule has 0 atom stereocenters. The zero-order chi connectivity index (χ0) is 36.2. The maximum absolute atomic E-state index is 12.4. The summed E-state index contributed by atoms with van der Waals surface area (Å²) in [6.07, 6.45) is 9.47. The summed E-state index contributed by atoms with van der Waals surface area (Å²) in [6.45, 7) is 10.1. The van der Waals surface area contributed by atoms with Gasteiger partial charge in [0.25, 0.3) is 0 Å². The molecule has 5 aromatic rings. The van der Waals surface area contributed by atoms with E-state index in [0.717, 1.165) is 115 Å². The maximum atomic E-state index is 12.4. The first-order valence-corrected chi connectivity index (χ1v) is 18.5. The number of carbonyl (C=O) groups is 2. The minimum atomic E-state index is -1.07. The Labute approximate surface area is 303 Å². The molecule has 0 aliphatic carbocycles. The van der Waals surface area contributed by atoms with Gasteiger partial charge in [-0.1, -0.05) is 32.0 Å². The Morgan fingerprint density at radius 1 is 0.923 bits per heavy atom. The highest BCUT2D eigenvalue weighted by Gasteiger charge is 2.31. The van der Waals surface area contributed by atoms with Crippen molar-refractivity contribution in [3.63, 3.8) is 0 Å². The second-order valence-corrected chi connectivity index (χ2v) is 13.6. The fraction of sp³-hybridized carbons (Fsp3) is 0.425. The van der Waals surface area contributed by atoms with E-state index in [-0.39, 0.29) is 11.6 Å². The molecule has 2 fully saturated rings. The molecule has 1 N–H and O–H groups in total. The lowest BCUT2D eigenvalue weighted by molar-refractivity contribution is -0.129. The molecule has 0 spiro atoms. The van der Waals surface area contributed by atoms with E-state index in [1.807, 2.05) is 31.1 Å². The third kappa shape index (κ3) is 7.25. The summed E-state index contributed by atoms with van der Waals surface area (Å²) in [5.74, 6) is 0.247. The number of carboxylic acids is 1. The van der Waals surface area contributed by atoms with Crippen LogP contribution in [-0.4, -0.2) is 84.7 Å². The normalized spacial score (nSPS) is 16.7. The molecule has 4 aromatic heterocycles. The number of anilines is 1. The van der Waals surface area contributed by atoms with Crippen LogP contribution in [0.5, 0.6) is 0 Å². The Morgan fingerprint density at radius 2 is 1.73 bits per heavy atom. The first kappa shape index (κ1) is 35.2. The molecule has 12 heteroatoms. The molecule has 8 rings (SSSR count). The van der Waals surface area contributed by atoms with Crippen LogP contribution in [0.3, 0.4) is 0 Å². The number of nitrogens with zero attached hydrogens (tertiary/aromatic N) is 8. The van der Waals surface area contributed by atoms with Gasteiger partial charge in [0.2, 0.25) is 5.91 Å². The molecule has 0 bridgehead atoms. The molecule has 0 radical (unpaired) electrons. The molecule has 0 unspecified atom stereocenters. The topological polar surface area (TPSA) is 139 Å². The van der Waals surface area contributed by atoms with Gasteiger partial charge in [-0.3, -0.25) is 19.4 Å². The van der Waals surface area contributed by atoms with Gasteiger partial charge in [0.05, 0.1) is 17.4 Å². The van der Waals surface area contributed by atoms with Crippen LogP contribution in [0.2, 0.25) is 0 Å². The monoisotopic (exact) mass is 702 g/mol. The number of rotatable bonds is 7. The summed E-state index contributed by atoms with van der Waals surface area (Å²) < 4.78 is 7.89. The number of aromatic carboxylic acids is 1. The standard InChI is InChI=1S/C38H40N8O4.C2H6/c1-24(47)45-16-11-35-32(23-45)37(43-46(35)29-12-17-50-18-13-29)30-4-2-3-26-20-34(40-22-31(26)30)27-5-6-28(39-21-27)19-25-9-14-44(15-10-25)36-8-7-33(38(48)49)41-42-36;1-2/h2-8,20-22,25,29H,9-19,23H2,1H3,(H,48,49);1-2H3. The van der Waals surface area contributed by atoms with Gasteiger partial charge >= 0.3 is 5.97 Å². The third-order valence-corrected chi connectivity index (χ3v) is 10.5. The van der Waals surface area contributed by atoms with Crippen LogP contribution in [0, 0.1) is 5.92 Å². The molecule has 7 heterocycles. The van der Waals surface area contributed by atoms with Gasteiger partial charge in [-0.15, -0.1) is 10.2 Å². The van der Waals surface area contributed by atoms with Gasteiger partial charge in [0.15, 0.2) is 11.5 Å². The molecule has 270 valence electrons. The Bertz CT molecular complexity index is 2030. The number of ether oxygens (including phenoxy) is 1. The zero-order valence-corrected chi connectivity index (χ0v) is 30.2. The first-order valence-electron chi connectivity index (χ1n) is 18.5. The minimum Gasteiger partial charge on any atom is -0.476 e. The summed E-state index contributed by atoms with van der Waals surface area (Å²) in [7, 11) is 0. The van der Waals surface area contributed by atoms with Crippen molar-refractivity contribution in [2.24, 2.45) is 5.92 Å². The fourth-order valence-electron chi connectivity index (χ4n) is 7.67. The van der Waals surface area contributed by atoms with Crippen molar-refractivity contribution < 1.29 is 19.4 Å². The van der Waals surface area contributed by atoms with Gasteiger partial charge < -0.3 is 19.6 Å².